The van der Waals surface area contributed by atoms with Crippen LogP contribution in [-0.4, -0.2) is 6.54 Å². The Morgan fingerprint density at radius 1 is 1.29 bits per heavy atom. The van der Waals surface area contributed by atoms with Crippen LogP contribution in [0.1, 0.15) is 12.0 Å². The number of hydrogen-bond acceptors (Lipinski definition) is 1. The fourth-order valence-electron chi connectivity index (χ4n) is 1.45. The molecule has 0 aliphatic heterocycles. The van der Waals surface area contributed by atoms with Gasteiger partial charge >= 0.3 is 0 Å². The quantitative estimate of drug-likeness (QED) is 0.741. The van der Waals surface area contributed by atoms with Crippen molar-refractivity contribution in [2.75, 3.05) is 6.54 Å². The molecule has 1 atom stereocenters. The van der Waals surface area contributed by atoms with Crippen molar-refractivity contribution in [3.8, 4) is 0 Å². The van der Waals surface area contributed by atoms with Crippen LogP contribution < -0.4 is 5.73 Å². The van der Waals surface area contributed by atoms with Gasteiger partial charge in [0, 0.05) is 0 Å². The Hall–Kier alpha value is -0.730. The molecule has 0 bridgehead atoms. The van der Waals surface area contributed by atoms with Gasteiger partial charge in [-0.15, -0.1) is 6.58 Å². The van der Waals surface area contributed by atoms with Gasteiger partial charge in [-0.3, -0.25) is 0 Å². The molecule has 0 saturated carbocycles. The van der Waals surface area contributed by atoms with Crippen molar-refractivity contribution in [2.24, 2.45) is 11.7 Å². The second kappa shape index (κ2) is 7.65. The summed E-state index contributed by atoms with van der Waals surface area (Å²) in [6.07, 6.45) is 4.01. The molecule has 1 rings (SSSR count). The standard InChI is InChI=1S/C12H17N.H2S/c1-2-6-12(10-13)9-11-7-4-3-5-8-11;/h2-5,7-8,12H,1,6,9-10,13H2;1H2/t12-;/m0./s1. The van der Waals surface area contributed by atoms with Gasteiger partial charge in [-0.05, 0) is 30.9 Å². The summed E-state index contributed by atoms with van der Waals surface area (Å²) in [5.41, 5.74) is 7.02. The Morgan fingerprint density at radius 3 is 2.43 bits per heavy atom. The maximum Gasteiger partial charge on any atom is -0.00427 e. The maximum atomic E-state index is 5.66. The van der Waals surface area contributed by atoms with Gasteiger partial charge in [0.1, 0.15) is 0 Å². The highest BCUT2D eigenvalue weighted by Crippen LogP contribution is 2.11. The van der Waals surface area contributed by atoms with Gasteiger partial charge in [-0.2, -0.15) is 13.5 Å². The van der Waals surface area contributed by atoms with E-state index in [1.807, 2.05) is 12.1 Å². The molecule has 0 aliphatic carbocycles. The van der Waals surface area contributed by atoms with E-state index in [4.69, 9.17) is 5.73 Å². The van der Waals surface area contributed by atoms with Crippen molar-refractivity contribution < 1.29 is 0 Å². The fraction of sp³-hybridized carbons (Fsp3) is 0.333. The summed E-state index contributed by atoms with van der Waals surface area (Å²) in [7, 11) is 0. The van der Waals surface area contributed by atoms with Gasteiger partial charge in [-0.1, -0.05) is 36.4 Å². The van der Waals surface area contributed by atoms with Crippen LogP contribution in [0, 0.1) is 5.92 Å². The number of nitrogens with two attached hydrogens (primary N) is 1. The number of hydrogen-bond donors (Lipinski definition) is 1. The van der Waals surface area contributed by atoms with Gasteiger partial charge in [0.25, 0.3) is 0 Å². The summed E-state index contributed by atoms with van der Waals surface area (Å²) in [5, 5.41) is 0. The van der Waals surface area contributed by atoms with E-state index in [0.29, 0.717) is 5.92 Å². The van der Waals surface area contributed by atoms with Crippen LogP contribution in [-0.2, 0) is 6.42 Å². The van der Waals surface area contributed by atoms with Crippen molar-refractivity contribution in [3.05, 3.63) is 48.6 Å². The zero-order chi connectivity index (χ0) is 9.52. The van der Waals surface area contributed by atoms with Crippen LogP contribution in [0.25, 0.3) is 0 Å². The van der Waals surface area contributed by atoms with Gasteiger partial charge in [0.05, 0.1) is 0 Å². The lowest BCUT2D eigenvalue weighted by Crippen LogP contribution is -2.16. The van der Waals surface area contributed by atoms with Gasteiger partial charge in [-0.25, -0.2) is 0 Å². The van der Waals surface area contributed by atoms with Gasteiger partial charge in [0.2, 0.25) is 0 Å². The Labute approximate surface area is 93.5 Å². The summed E-state index contributed by atoms with van der Waals surface area (Å²) >= 11 is 0. The van der Waals surface area contributed by atoms with E-state index in [1.165, 1.54) is 5.56 Å². The van der Waals surface area contributed by atoms with E-state index in [0.717, 1.165) is 19.4 Å². The SMILES string of the molecule is C=CC[C@H](CN)Cc1ccccc1.S. The topological polar surface area (TPSA) is 26.0 Å². The van der Waals surface area contributed by atoms with E-state index in [9.17, 15) is 0 Å². The summed E-state index contributed by atoms with van der Waals surface area (Å²) < 4.78 is 0. The molecule has 1 aromatic rings. The van der Waals surface area contributed by atoms with E-state index < -0.39 is 0 Å². The number of rotatable bonds is 5. The normalized spacial score (nSPS) is 11.5. The molecule has 0 heterocycles. The molecule has 1 nitrogen and oxygen atoms in total. The predicted octanol–water partition coefficient (Wildman–Crippen LogP) is 2.49. The average molecular weight is 209 g/mol. The lowest BCUT2D eigenvalue weighted by Gasteiger charge is -2.11. The van der Waals surface area contributed by atoms with Crippen LogP contribution >= 0.6 is 13.5 Å². The maximum absolute atomic E-state index is 5.66. The molecule has 0 amide bonds. The largest absolute Gasteiger partial charge is 0.330 e. The monoisotopic (exact) mass is 209 g/mol. The molecule has 0 radical (unpaired) electrons. The Morgan fingerprint density at radius 2 is 1.93 bits per heavy atom. The lowest BCUT2D eigenvalue weighted by molar-refractivity contribution is 0.544. The third-order valence-electron chi connectivity index (χ3n) is 2.20. The third-order valence-corrected chi connectivity index (χ3v) is 2.20. The smallest absolute Gasteiger partial charge is 0.00427 e. The lowest BCUT2D eigenvalue weighted by atomic mass is 9.96. The van der Waals surface area contributed by atoms with Crippen LogP contribution in [0.2, 0.25) is 0 Å². The van der Waals surface area contributed by atoms with E-state index in [2.05, 4.69) is 30.8 Å². The minimum atomic E-state index is 0. The fourth-order valence-corrected chi connectivity index (χ4v) is 1.45. The van der Waals surface area contributed by atoms with Crippen molar-refractivity contribution in [3.63, 3.8) is 0 Å². The molecular weight excluding hydrogens is 190 g/mol. The molecule has 0 aliphatic rings. The van der Waals surface area contributed by atoms with Gasteiger partial charge in [0.15, 0.2) is 0 Å². The first-order valence-corrected chi connectivity index (χ1v) is 4.71. The molecule has 14 heavy (non-hydrogen) atoms. The van der Waals surface area contributed by atoms with Crippen molar-refractivity contribution >= 4 is 13.5 Å². The highest BCUT2D eigenvalue weighted by Gasteiger charge is 2.04. The Kier molecular flexibility index (Phi) is 7.25. The summed E-state index contributed by atoms with van der Waals surface area (Å²) in [4.78, 5) is 0. The molecule has 2 N–H and O–H groups in total. The molecule has 1 aromatic carbocycles. The van der Waals surface area contributed by atoms with E-state index >= 15 is 0 Å². The summed E-state index contributed by atoms with van der Waals surface area (Å²) in [5.74, 6) is 0.542. The minimum Gasteiger partial charge on any atom is -0.330 e. The highest BCUT2D eigenvalue weighted by molar-refractivity contribution is 7.59. The molecule has 0 aromatic heterocycles. The van der Waals surface area contributed by atoms with E-state index in [-0.39, 0.29) is 13.5 Å². The molecular formula is C12H19NS. The van der Waals surface area contributed by atoms with Crippen LogP contribution in [0.4, 0.5) is 0 Å². The molecule has 0 spiro atoms. The first-order chi connectivity index (χ1) is 6.36. The summed E-state index contributed by atoms with van der Waals surface area (Å²) in [6, 6.07) is 10.5. The molecule has 78 valence electrons. The minimum absolute atomic E-state index is 0. The third kappa shape index (κ3) is 4.49. The first-order valence-electron chi connectivity index (χ1n) is 4.71. The van der Waals surface area contributed by atoms with Crippen LogP contribution in [0.3, 0.4) is 0 Å². The molecule has 0 fully saturated rings. The van der Waals surface area contributed by atoms with E-state index in [1.54, 1.807) is 0 Å². The van der Waals surface area contributed by atoms with Crippen molar-refractivity contribution in [2.45, 2.75) is 12.8 Å². The first kappa shape index (κ1) is 13.3. The molecule has 2 heteroatoms. The molecule has 0 unspecified atom stereocenters. The second-order valence-electron chi connectivity index (χ2n) is 3.32. The highest BCUT2D eigenvalue weighted by atomic mass is 32.1. The van der Waals surface area contributed by atoms with Crippen LogP contribution in [0.15, 0.2) is 43.0 Å². The second-order valence-corrected chi connectivity index (χ2v) is 3.32. The average Bonchev–Trinajstić information content (AvgIpc) is 2.19. The summed E-state index contributed by atoms with van der Waals surface area (Å²) in [6.45, 7) is 4.47. The zero-order valence-corrected chi connectivity index (χ0v) is 9.45. The van der Waals surface area contributed by atoms with Crippen molar-refractivity contribution in [1.82, 2.24) is 0 Å². The van der Waals surface area contributed by atoms with Crippen molar-refractivity contribution in [1.29, 1.82) is 0 Å². The zero-order valence-electron chi connectivity index (χ0n) is 8.45. The number of benzene rings is 1. The Balaban J connectivity index is 0.00000169. The number of allylic oxidation sites excluding steroid dienone is 1. The predicted molar refractivity (Wildman–Crippen MR) is 67.9 cm³/mol. The molecule has 0 saturated heterocycles. The van der Waals surface area contributed by atoms with Crippen LogP contribution in [0.5, 0.6) is 0 Å². The Bertz CT molecular complexity index is 246. The van der Waals surface area contributed by atoms with Gasteiger partial charge < -0.3 is 5.73 Å².